The topological polar surface area (TPSA) is 63.8 Å². The minimum absolute atomic E-state index is 0.565. The number of hydrogen-bond donors (Lipinski definition) is 2. The lowest BCUT2D eigenvalue weighted by Crippen LogP contribution is -1.90. The lowest BCUT2D eigenvalue weighted by atomic mass is 10.2. The van der Waals surface area contributed by atoms with E-state index in [0.717, 1.165) is 37.7 Å². The minimum Gasteiger partial charge on any atom is -0.375 e. The summed E-state index contributed by atoms with van der Waals surface area (Å²) in [4.78, 5) is 9.82. The normalized spacial score (nSPS) is 10.8. The minimum atomic E-state index is 0.565. The molecule has 4 nitrogen and oxygen atoms in total. The predicted octanol–water partition coefficient (Wildman–Crippen LogP) is 4.86. The monoisotopic (exact) mass is 336 g/mol. The maximum Gasteiger partial charge on any atom is 0.187 e. The average Bonchev–Trinajstić information content (AvgIpc) is 3.00. The molecule has 0 aliphatic carbocycles. The molecule has 3 N–H and O–H groups in total. The molecule has 0 saturated carbocycles. The molecule has 3 rings (SSSR count). The van der Waals surface area contributed by atoms with E-state index in [1.165, 1.54) is 11.3 Å². The van der Waals surface area contributed by atoms with Gasteiger partial charge in [0.1, 0.15) is 0 Å². The molecule has 0 aliphatic rings. The molecule has 108 valence electrons. The number of aryl methyl sites for hydroxylation is 2. The molecule has 7 heteroatoms. The highest BCUT2D eigenvalue weighted by molar-refractivity contribution is 7.19. The summed E-state index contributed by atoms with van der Waals surface area (Å²) in [6.07, 6.45) is 0. The summed E-state index contributed by atoms with van der Waals surface area (Å²) in [5.74, 6) is 0. The summed E-state index contributed by atoms with van der Waals surface area (Å²) >= 11 is 9.12. The Kier molecular flexibility index (Phi) is 3.84. The zero-order chi connectivity index (χ0) is 15.0. The zero-order valence-electron chi connectivity index (χ0n) is 11.5. The van der Waals surface area contributed by atoms with Gasteiger partial charge in [0.2, 0.25) is 0 Å². The molecule has 0 radical (unpaired) electrons. The van der Waals surface area contributed by atoms with E-state index < -0.39 is 0 Å². The number of aromatic nitrogens is 2. The van der Waals surface area contributed by atoms with Gasteiger partial charge in [-0.15, -0.1) is 11.3 Å². The molecule has 2 aromatic heterocycles. The van der Waals surface area contributed by atoms with Gasteiger partial charge in [-0.05, 0) is 31.5 Å². The van der Waals surface area contributed by atoms with Gasteiger partial charge in [0, 0.05) is 16.1 Å². The summed E-state index contributed by atoms with van der Waals surface area (Å²) in [5, 5.41) is 7.38. The van der Waals surface area contributed by atoms with Gasteiger partial charge in [-0.2, -0.15) is 0 Å². The number of anilines is 3. The van der Waals surface area contributed by atoms with Crippen LogP contribution in [-0.4, -0.2) is 9.97 Å². The number of nitrogen functional groups attached to an aromatic ring is 1. The number of rotatable bonds is 3. The third-order valence-corrected chi connectivity index (χ3v) is 5.15. The SMILES string of the molecule is Cc1ccc(Nc2nc(-c3sc(N)nc3C)cs2)cc1Cl. The van der Waals surface area contributed by atoms with Crippen LogP contribution in [0.4, 0.5) is 16.0 Å². The molecular weight excluding hydrogens is 324 g/mol. The maximum absolute atomic E-state index is 6.13. The van der Waals surface area contributed by atoms with Crippen molar-refractivity contribution in [1.29, 1.82) is 0 Å². The Morgan fingerprint density at radius 3 is 2.71 bits per heavy atom. The Bertz CT molecular complexity index is 794. The highest BCUT2D eigenvalue weighted by Crippen LogP contribution is 2.34. The molecule has 0 saturated heterocycles. The first-order valence-electron chi connectivity index (χ1n) is 6.25. The van der Waals surface area contributed by atoms with Gasteiger partial charge in [-0.25, -0.2) is 9.97 Å². The van der Waals surface area contributed by atoms with Crippen molar-refractivity contribution in [2.75, 3.05) is 11.1 Å². The highest BCUT2D eigenvalue weighted by atomic mass is 35.5. The van der Waals surface area contributed by atoms with Gasteiger partial charge >= 0.3 is 0 Å². The van der Waals surface area contributed by atoms with Gasteiger partial charge in [-0.3, -0.25) is 0 Å². The van der Waals surface area contributed by atoms with Crippen LogP contribution in [0.2, 0.25) is 5.02 Å². The Balaban J connectivity index is 1.85. The van der Waals surface area contributed by atoms with Gasteiger partial charge in [-0.1, -0.05) is 29.0 Å². The lowest BCUT2D eigenvalue weighted by Gasteiger charge is -2.04. The van der Waals surface area contributed by atoms with E-state index in [9.17, 15) is 0 Å². The second-order valence-corrected chi connectivity index (χ2v) is 6.89. The van der Waals surface area contributed by atoms with Crippen LogP contribution in [0.3, 0.4) is 0 Å². The number of benzene rings is 1. The number of halogens is 1. The highest BCUT2D eigenvalue weighted by Gasteiger charge is 2.12. The van der Waals surface area contributed by atoms with E-state index in [1.807, 2.05) is 37.4 Å². The van der Waals surface area contributed by atoms with Gasteiger partial charge < -0.3 is 11.1 Å². The molecule has 0 atom stereocenters. The molecule has 0 spiro atoms. The van der Waals surface area contributed by atoms with Crippen molar-refractivity contribution in [1.82, 2.24) is 9.97 Å². The van der Waals surface area contributed by atoms with E-state index in [0.29, 0.717) is 5.13 Å². The third-order valence-electron chi connectivity index (χ3n) is 2.97. The first-order chi connectivity index (χ1) is 10.0. The Labute approximate surface area is 135 Å². The third kappa shape index (κ3) is 3.02. The lowest BCUT2D eigenvalue weighted by molar-refractivity contribution is 1.26. The molecule has 1 aromatic carbocycles. The fraction of sp³-hybridized carbons (Fsp3) is 0.143. The summed E-state index contributed by atoms with van der Waals surface area (Å²) in [5.41, 5.74) is 9.51. The molecule has 0 fully saturated rings. The molecular formula is C14H13ClN4S2. The van der Waals surface area contributed by atoms with Crippen molar-refractivity contribution >= 4 is 50.2 Å². The summed E-state index contributed by atoms with van der Waals surface area (Å²) < 4.78 is 0. The molecule has 3 aromatic rings. The zero-order valence-corrected chi connectivity index (χ0v) is 13.9. The second kappa shape index (κ2) is 5.63. The predicted molar refractivity (Wildman–Crippen MR) is 91.8 cm³/mol. The number of thiazole rings is 2. The van der Waals surface area contributed by atoms with E-state index in [1.54, 1.807) is 11.3 Å². The van der Waals surface area contributed by atoms with Crippen LogP contribution in [-0.2, 0) is 0 Å². The Morgan fingerprint density at radius 1 is 1.24 bits per heavy atom. The number of nitrogens with one attached hydrogen (secondary N) is 1. The van der Waals surface area contributed by atoms with Crippen molar-refractivity contribution in [3.05, 3.63) is 39.9 Å². The van der Waals surface area contributed by atoms with Crippen LogP contribution < -0.4 is 11.1 Å². The van der Waals surface area contributed by atoms with Crippen LogP contribution in [0.1, 0.15) is 11.3 Å². The quantitative estimate of drug-likeness (QED) is 0.716. The van der Waals surface area contributed by atoms with E-state index >= 15 is 0 Å². The van der Waals surface area contributed by atoms with Crippen LogP contribution in [0, 0.1) is 13.8 Å². The van der Waals surface area contributed by atoms with Crippen LogP contribution in [0.15, 0.2) is 23.6 Å². The van der Waals surface area contributed by atoms with Crippen LogP contribution >= 0.6 is 34.3 Å². The van der Waals surface area contributed by atoms with Gasteiger partial charge in [0.15, 0.2) is 10.3 Å². The van der Waals surface area contributed by atoms with E-state index in [4.69, 9.17) is 17.3 Å². The first kappa shape index (κ1) is 14.3. The molecule has 0 aliphatic heterocycles. The molecule has 2 heterocycles. The van der Waals surface area contributed by atoms with Crippen molar-refractivity contribution in [2.45, 2.75) is 13.8 Å². The van der Waals surface area contributed by atoms with Crippen molar-refractivity contribution < 1.29 is 0 Å². The standard InChI is InChI=1S/C14H13ClN4S2/c1-7-3-4-9(5-10(7)15)18-14-19-11(6-20-14)12-8(2)17-13(16)21-12/h3-6H,1-2H3,(H2,16,17)(H,18,19). The van der Waals surface area contributed by atoms with E-state index in [-0.39, 0.29) is 0 Å². The number of nitrogens with zero attached hydrogens (tertiary/aromatic N) is 2. The van der Waals surface area contributed by atoms with E-state index in [2.05, 4.69) is 15.3 Å². The second-order valence-electron chi connectivity index (χ2n) is 4.59. The average molecular weight is 337 g/mol. The summed E-state index contributed by atoms with van der Waals surface area (Å²) in [7, 11) is 0. The summed E-state index contributed by atoms with van der Waals surface area (Å²) in [6.45, 7) is 3.92. The fourth-order valence-corrected chi connectivity index (χ4v) is 3.66. The Morgan fingerprint density at radius 2 is 2.05 bits per heavy atom. The van der Waals surface area contributed by atoms with Crippen molar-refractivity contribution in [2.24, 2.45) is 0 Å². The van der Waals surface area contributed by atoms with Crippen LogP contribution in [0.25, 0.3) is 10.6 Å². The largest absolute Gasteiger partial charge is 0.375 e. The first-order valence-corrected chi connectivity index (χ1v) is 8.32. The van der Waals surface area contributed by atoms with Crippen molar-refractivity contribution in [3.63, 3.8) is 0 Å². The molecule has 21 heavy (non-hydrogen) atoms. The molecule has 0 unspecified atom stereocenters. The Hall–Kier alpha value is -1.63. The van der Waals surface area contributed by atoms with Crippen LogP contribution in [0.5, 0.6) is 0 Å². The molecule has 0 bridgehead atoms. The molecule has 0 amide bonds. The summed E-state index contributed by atoms with van der Waals surface area (Å²) in [6, 6.07) is 5.86. The fourth-order valence-electron chi connectivity index (χ4n) is 1.88. The number of nitrogens with two attached hydrogens (primary N) is 1. The van der Waals surface area contributed by atoms with Crippen molar-refractivity contribution in [3.8, 4) is 10.6 Å². The van der Waals surface area contributed by atoms with Gasteiger partial charge in [0.05, 0.1) is 16.3 Å². The van der Waals surface area contributed by atoms with Gasteiger partial charge in [0.25, 0.3) is 0 Å². The smallest absolute Gasteiger partial charge is 0.187 e. The number of hydrogen-bond acceptors (Lipinski definition) is 6. The maximum atomic E-state index is 6.13.